The Balaban J connectivity index is 1.65. The van der Waals surface area contributed by atoms with Crippen LogP contribution in [-0.2, 0) is 9.59 Å². The highest BCUT2D eigenvalue weighted by atomic mass is 79.9. The molecule has 3 aromatic rings. The van der Waals surface area contributed by atoms with E-state index in [2.05, 4.69) is 26.6 Å². The second kappa shape index (κ2) is 11.8. The topological polar surface area (TPSA) is 134 Å². The number of non-ortho nitro benzene ring substituents is 1. The summed E-state index contributed by atoms with van der Waals surface area (Å²) in [6, 6.07) is 17.8. The number of hydrogen-bond donors (Lipinski definition) is 2. The van der Waals surface area contributed by atoms with Gasteiger partial charge in [0, 0.05) is 23.5 Å². The number of carbonyl (C=O) groups is 2. The van der Waals surface area contributed by atoms with Crippen molar-refractivity contribution in [3.05, 3.63) is 97.5 Å². The summed E-state index contributed by atoms with van der Waals surface area (Å²) in [5, 5.41) is 25.7. The molecule has 0 aliphatic carbocycles. The SMILES string of the molecule is Cc1cccc(NC(=O)COc2ccc(/C=C(/C#N)C(=O)Nc3cccc([N+](=O)[O-])c3)cc2Br)c1C. The number of nitro benzene ring substituents is 1. The van der Waals surface area contributed by atoms with E-state index in [1.165, 1.54) is 30.3 Å². The molecule has 0 saturated carbocycles. The zero-order valence-corrected chi connectivity index (χ0v) is 21.0. The summed E-state index contributed by atoms with van der Waals surface area (Å²) in [4.78, 5) is 35.2. The number of anilines is 2. The fraction of sp³-hybridized carbons (Fsp3) is 0.115. The first-order valence-electron chi connectivity index (χ1n) is 10.6. The van der Waals surface area contributed by atoms with Gasteiger partial charge in [0.15, 0.2) is 6.61 Å². The average molecular weight is 549 g/mol. The van der Waals surface area contributed by atoms with Gasteiger partial charge in [0.2, 0.25) is 0 Å². The summed E-state index contributed by atoms with van der Waals surface area (Å²) in [5.41, 5.74) is 3.10. The lowest BCUT2D eigenvalue weighted by Gasteiger charge is -2.12. The van der Waals surface area contributed by atoms with Crippen LogP contribution in [0.15, 0.2) is 70.7 Å². The molecule has 0 heterocycles. The van der Waals surface area contributed by atoms with E-state index in [-0.39, 0.29) is 29.5 Å². The van der Waals surface area contributed by atoms with E-state index in [1.54, 1.807) is 18.2 Å². The van der Waals surface area contributed by atoms with Gasteiger partial charge >= 0.3 is 0 Å². The highest BCUT2D eigenvalue weighted by Gasteiger charge is 2.13. The van der Waals surface area contributed by atoms with Crippen molar-refractivity contribution >= 4 is 50.9 Å². The van der Waals surface area contributed by atoms with E-state index in [4.69, 9.17) is 4.74 Å². The van der Waals surface area contributed by atoms with Crippen LogP contribution in [-0.4, -0.2) is 23.3 Å². The standard InChI is InChI=1S/C26H21BrN4O5/c1-16-5-3-8-23(17(16)2)30-25(32)15-36-24-10-9-18(12-22(24)27)11-19(14-28)26(33)29-20-6-4-7-21(13-20)31(34)35/h3-13H,15H2,1-2H3,(H,29,33)(H,30,32)/b19-11-. The number of ether oxygens (including phenoxy) is 1. The van der Waals surface area contributed by atoms with Crippen molar-refractivity contribution in [2.75, 3.05) is 17.2 Å². The Kier molecular flexibility index (Phi) is 8.54. The minimum atomic E-state index is -0.711. The summed E-state index contributed by atoms with van der Waals surface area (Å²) >= 11 is 3.38. The molecular weight excluding hydrogens is 528 g/mol. The molecule has 36 heavy (non-hydrogen) atoms. The van der Waals surface area contributed by atoms with Gasteiger partial charge in [-0.2, -0.15) is 5.26 Å². The van der Waals surface area contributed by atoms with E-state index in [1.807, 2.05) is 38.1 Å². The zero-order chi connectivity index (χ0) is 26.2. The number of hydrogen-bond acceptors (Lipinski definition) is 6. The second-order valence-corrected chi connectivity index (χ2v) is 8.56. The van der Waals surface area contributed by atoms with E-state index in [0.29, 0.717) is 15.8 Å². The fourth-order valence-electron chi connectivity index (χ4n) is 3.15. The van der Waals surface area contributed by atoms with Crippen molar-refractivity contribution < 1.29 is 19.2 Å². The maximum Gasteiger partial charge on any atom is 0.271 e. The first-order valence-corrected chi connectivity index (χ1v) is 11.4. The highest BCUT2D eigenvalue weighted by Crippen LogP contribution is 2.27. The molecule has 3 rings (SSSR count). The van der Waals surface area contributed by atoms with Gasteiger partial charge in [-0.15, -0.1) is 0 Å². The Morgan fingerprint density at radius 2 is 1.86 bits per heavy atom. The van der Waals surface area contributed by atoms with Crippen LogP contribution in [0.5, 0.6) is 5.75 Å². The largest absolute Gasteiger partial charge is 0.483 e. The molecule has 0 spiro atoms. The molecule has 0 saturated heterocycles. The first kappa shape index (κ1) is 26.1. The molecule has 0 aromatic heterocycles. The second-order valence-electron chi connectivity index (χ2n) is 7.71. The van der Waals surface area contributed by atoms with Gasteiger partial charge in [-0.25, -0.2) is 0 Å². The van der Waals surface area contributed by atoms with Crippen molar-refractivity contribution in [2.24, 2.45) is 0 Å². The number of nitro groups is 1. The molecule has 0 atom stereocenters. The zero-order valence-electron chi connectivity index (χ0n) is 19.4. The molecule has 2 amide bonds. The third kappa shape index (κ3) is 6.77. The Labute approximate surface area is 215 Å². The van der Waals surface area contributed by atoms with Crippen LogP contribution in [0.4, 0.5) is 17.1 Å². The van der Waals surface area contributed by atoms with Gasteiger partial charge in [-0.1, -0.05) is 24.3 Å². The van der Waals surface area contributed by atoms with E-state index in [0.717, 1.165) is 16.8 Å². The van der Waals surface area contributed by atoms with Gasteiger partial charge in [0.05, 0.1) is 9.40 Å². The van der Waals surface area contributed by atoms with Gasteiger partial charge in [-0.3, -0.25) is 19.7 Å². The van der Waals surface area contributed by atoms with Crippen molar-refractivity contribution in [2.45, 2.75) is 13.8 Å². The fourth-order valence-corrected chi connectivity index (χ4v) is 3.66. The monoisotopic (exact) mass is 548 g/mol. The van der Waals surface area contributed by atoms with Crippen LogP contribution in [0, 0.1) is 35.3 Å². The van der Waals surface area contributed by atoms with Crippen molar-refractivity contribution in [3.63, 3.8) is 0 Å². The van der Waals surface area contributed by atoms with Crippen LogP contribution in [0.3, 0.4) is 0 Å². The number of nitrogens with one attached hydrogen (secondary N) is 2. The van der Waals surface area contributed by atoms with E-state index < -0.39 is 10.8 Å². The predicted molar refractivity (Wildman–Crippen MR) is 139 cm³/mol. The third-order valence-electron chi connectivity index (χ3n) is 5.18. The van der Waals surface area contributed by atoms with Crippen LogP contribution < -0.4 is 15.4 Å². The van der Waals surface area contributed by atoms with Gasteiger partial charge in [0.1, 0.15) is 17.4 Å². The number of halogens is 1. The average Bonchev–Trinajstić information content (AvgIpc) is 2.85. The molecule has 0 unspecified atom stereocenters. The number of aryl methyl sites for hydroxylation is 1. The summed E-state index contributed by atoms with van der Waals surface area (Å²) < 4.78 is 6.13. The molecule has 0 aliphatic heterocycles. The molecular formula is C26H21BrN4O5. The number of nitriles is 1. The molecule has 10 heteroatoms. The normalized spacial score (nSPS) is 10.8. The molecule has 0 bridgehead atoms. The Morgan fingerprint density at radius 3 is 2.56 bits per heavy atom. The van der Waals surface area contributed by atoms with Crippen LogP contribution >= 0.6 is 15.9 Å². The Hall–Kier alpha value is -4.49. The molecule has 182 valence electrons. The highest BCUT2D eigenvalue weighted by molar-refractivity contribution is 9.10. The van der Waals surface area contributed by atoms with Crippen molar-refractivity contribution in [1.82, 2.24) is 0 Å². The minimum absolute atomic E-state index is 0.183. The Morgan fingerprint density at radius 1 is 1.11 bits per heavy atom. The quantitative estimate of drug-likeness (QED) is 0.164. The van der Waals surface area contributed by atoms with Gasteiger partial charge in [0.25, 0.3) is 17.5 Å². The molecule has 0 radical (unpaired) electrons. The molecule has 9 nitrogen and oxygen atoms in total. The molecule has 2 N–H and O–H groups in total. The van der Waals surface area contributed by atoms with E-state index >= 15 is 0 Å². The third-order valence-corrected chi connectivity index (χ3v) is 5.80. The summed E-state index contributed by atoms with van der Waals surface area (Å²) in [5.74, 6) is -0.621. The number of benzene rings is 3. The number of carbonyl (C=O) groups excluding carboxylic acids is 2. The molecule has 0 fully saturated rings. The first-order chi connectivity index (χ1) is 17.2. The van der Waals surface area contributed by atoms with Gasteiger partial charge < -0.3 is 15.4 Å². The number of rotatable bonds is 8. The number of amides is 2. The van der Waals surface area contributed by atoms with Crippen molar-refractivity contribution in [1.29, 1.82) is 5.26 Å². The van der Waals surface area contributed by atoms with Crippen molar-refractivity contribution in [3.8, 4) is 11.8 Å². The lowest BCUT2D eigenvalue weighted by atomic mass is 10.1. The maximum absolute atomic E-state index is 12.5. The van der Waals surface area contributed by atoms with Gasteiger partial charge in [-0.05, 0) is 76.8 Å². The van der Waals surface area contributed by atoms with E-state index in [9.17, 15) is 25.0 Å². The smallest absolute Gasteiger partial charge is 0.271 e. The van der Waals surface area contributed by atoms with Crippen LogP contribution in [0.1, 0.15) is 16.7 Å². The summed E-state index contributed by atoms with van der Waals surface area (Å²) in [6.07, 6.45) is 1.37. The molecule has 0 aliphatic rings. The minimum Gasteiger partial charge on any atom is -0.483 e. The summed E-state index contributed by atoms with van der Waals surface area (Å²) in [7, 11) is 0. The lowest BCUT2D eigenvalue weighted by Crippen LogP contribution is -2.20. The lowest BCUT2D eigenvalue weighted by molar-refractivity contribution is -0.384. The van der Waals surface area contributed by atoms with Crippen LogP contribution in [0.25, 0.3) is 6.08 Å². The predicted octanol–water partition coefficient (Wildman–Crippen LogP) is 5.54. The molecule has 3 aromatic carbocycles. The summed E-state index contributed by atoms with van der Waals surface area (Å²) in [6.45, 7) is 3.67. The Bertz CT molecular complexity index is 1410. The number of nitrogens with zero attached hydrogens (tertiary/aromatic N) is 2. The maximum atomic E-state index is 12.5. The van der Waals surface area contributed by atoms with Crippen LogP contribution in [0.2, 0.25) is 0 Å².